The number of hydrogen-bond acceptors (Lipinski definition) is 4. The summed E-state index contributed by atoms with van der Waals surface area (Å²) >= 11 is 0. The SMILES string of the molecule is CN=c1cc(N)n(C)c(N)c1C#N. The van der Waals surface area contributed by atoms with Crippen molar-refractivity contribution in [2.45, 2.75) is 0 Å². The summed E-state index contributed by atoms with van der Waals surface area (Å²) in [6.07, 6.45) is 0. The molecule has 1 heterocycles. The molecule has 0 aliphatic carbocycles. The highest BCUT2D eigenvalue weighted by Gasteiger charge is 2.05. The zero-order valence-electron chi connectivity index (χ0n) is 7.57. The molecule has 0 fully saturated rings. The first kappa shape index (κ1) is 9.13. The lowest BCUT2D eigenvalue weighted by Gasteiger charge is -2.09. The number of nitrogen functional groups attached to an aromatic ring is 2. The zero-order chi connectivity index (χ0) is 10.0. The Bertz CT molecular complexity index is 435. The van der Waals surface area contributed by atoms with E-state index in [0.29, 0.717) is 22.6 Å². The van der Waals surface area contributed by atoms with Gasteiger partial charge in [-0.25, -0.2) is 0 Å². The van der Waals surface area contributed by atoms with Crippen molar-refractivity contribution < 1.29 is 0 Å². The predicted octanol–water partition coefficient (Wildman–Crippen LogP) is -0.408. The van der Waals surface area contributed by atoms with Crippen LogP contribution in [0.2, 0.25) is 0 Å². The molecule has 0 amide bonds. The Kier molecular flexibility index (Phi) is 2.24. The van der Waals surface area contributed by atoms with E-state index in [-0.39, 0.29) is 0 Å². The van der Waals surface area contributed by atoms with Gasteiger partial charge in [-0.3, -0.25) is 4.99 Å². The van der Waals surface area contributed by atoms with E-state index in [0.717, 1.165) is 0 Å². The molecule has 0 radical (unpaired) electrons. The third-order valence-electron chi connectivity index (χ3n) is 1.90. The Morgan fingerprint density at radius 1 is 1.54 bits per heavy atom. The summed E-state index contributed by atoms with van der Waals surface area (Å²) < 4.78 is 1.55. The highest BCUT2D eigenvalue weighted by Crippen LogP contribution is 2.08. The molecular formula is C8H11N5. The molecule has 13 heavy (non-hydrogen) atoms. The van der Waals surface area contributed by atoms with Crippen molar-refractivity contribution in [1.29, 1.82) is 5.26 Å². The van der Waals surface area contributed by atoms with Gasteiger partial charge in [-0.2, -0.15) is 5.26 Å². The summed E-state index contributed by atoms with van der Waals surface area (Å²) in [4.78, 5) is 3.91. The highest BCUT2D eigenvalue weighted by atomic mass is 15.1. The van der Waals surface area contributed by atoms with Gasteiger partial charge in [-0.15, -0.1) is 0 Å². The molecule has 0 aliphatic heterocycles. The average molecular weight is 177 g/mol. The minimum atomic E-state index is 0.336. The molecule has 5 heteroatoms. The van der Waals surface area contributed by atoms with Crippen molar-refractivity contribution in [2.75, 3.05) is 18.5 Å². The van der Waals surface area contributed by atoms with Gasteiger partial charge in [0.15, 0.2) is 0 Å². The Labute approximate surface area is 75.9 Å². The molecule has 0 aliphatic rings. The molecule has 0 atom stereocenters. The summed E-state index contributed by atoms with van der Waals surface area (Å²) in [5.74, 6) is 0.820. The van der Waals surface area contributed by atoms with Crippen LogP contribution in [0.25, 0.3) is 0 Å². The topological polar surface area (TPSA) is 93.1 Å². The van der Waals surface area contributed by atoms with Gasteiger partial charge >= 0.3 is 0 Å². The lowest BCUT2D eigenvalue weighted by Crippen LogP contribution is -2.18. The van der Waals surface area contributed by atoms with Crippen molar-refractivity contribution in [3.8, 4) is 6.07 Å². The van der Waals surface area contributed by atoms with Crippen molar-refractivity contribution in [2.24, 2.45) is 12.0 Å². The molecule has 0 saturated heterocycles. The first-order chi connectivity index (χ1) is 6.11. The Morgan fingerprint density at radius 3 is 2.62 bits per heavy atom. The van der Waals surface area contributed by atoms with E-state index in [1.807, 2.05) is 6.07 Å². The maximum atomic E-state index is 8.80. The smallest absolute Gasteiger partial charge is 0.124 e. The quantitative estimate of drug-likeness (QED) is 0.564. The number of anilines is 2. The molecule has 68 valence electrons. The monoisotopic (exact) mass is 177 g/mol. The van der Waals surface area contributed by atoms with Crippen LogP contribution in [0.1, 0.15) is 5.56 Å². The molecule has 0 saturated carbocycles. The molecule has 0 spiro atoms. The minimum absolute atomic E-state index is 0.336. The Morgan fingerprint density at radius 2 is 2.15 bits per heavy atom. The Balaban J connectivity index is 3.72. The van der Waals surface area contributed by atoms with Crippen LogP contribution in [-0.2, 0) is 7.05 Å². The normalized spacial score (nSPS) is 11.3. The van der Waals surface area contributed by atoms with Crippen LogP contribution in [0.5, 0.6) is 0 Å². The lowest BCUT2D eigenvalue weighted by atomic mass is 10.2. The molecular weight excluding hydrogens is 166 g/mol. The molecule has 0 aromatic carbocycles. The fourth-order valence-electron chi connectivity index (χ4n) is 1.04. The van der Waals surface area contributed by atoms with Crippen LogP contribution in [-0.4, -0.2) is 11.6 Å². The summed E-state index contributed by atoms with van der Waals surface area (Å²) in [6.45, 7) is 0. The first-order valence-corrected chi connectivity index (χ1v) is 3.69. The molecule has 5 nitrogen and oxygen atoms in total. The molecule has 1 rings (SSSR count). The number of rotatable bonds is 0. The second-order valence-corrected chi connectivity index (χ2v) is 2.61. The van der Waals surface area contributed by atoms with Crippen molar-refractivity contribution in [3.05, 3.63) is 17.0 Å². The fourth-order valence-corrected chi connectivity index (χ4v) is 1.04. The maximum Gasteiger partial charge on any atom is 0.124 e. The van der Waals surface area contributed by atoms with Gasteiger partial charge in [-0.05, 0) is 0 Å². The van der Waals surface area contributed by atoms with Crippen LogP contribution in [0.4, 0.5) is 11.6 Å². The first-order valence-electron chi connectivity index (χ1n) is 3.69. The number of hydrogen-bond donors (Lipinski definition) is 2. The number of nitrogens with zero attached hydrogens (tertiary/aromatic N) is 3. The Hall–Kier alpha value is -1.96. The average Bonchev–Trinajstić information content (AvgIpc) is 2.13. The van der Waals surface area contributed by atoms with Crippen molar-refractivity contribution in [1.82, 2.24) is 4.57 Å². The van der Waals surface area contributed by atoms with E-state index < -0.39 is 0 Å². The third kappa shape index (κ3) is 1.34. The second kappa shape index (κ2) is 3.19. The van der Waals surface area contributed by atoms with Crippen LogP contribution >= 0.6 is 0 Å². The van der Waals surface area contributed by atoms with Crippen LogP contribution in [0.15, 0.2) is 11.1 Å². The van der Waals surface area contributed by atoms with E-state index in [1.165, 1.54) is 0 Å². The standard InChI is InChI=1S/C8H11N5/c1-12-6-3-7(10)13(2)8(11)5(6)4-9/h3H,10-11H2,1-2H3. The molecule has 0 bridgehead atoms. The molecule has 1 aromatic rings. The fraction of sp³-hybridized carbons (Fsp3) is 0.250. The maximum absolute atomic E-state index is 8.80. The largest absolute Gasteiger partial charge is 0.385 e. The number of aromatic nitrogens is 1. The van der Waals surface area contributed by atoms with E-state index >= 15 is 0 Å². The van der Waals surface area contributed by atoms with Crippen LogP contribution in [0, 0.1) is 11.3 Å². The third-order valence-corrected chi connectivity index (χ3v) is 1.90. The van der Waals surface area contributed by atoms with Gasteiger partial charge in [0.2, 0.25) is 0 Å². The van der Waals surface area contributed by atoms with Gasteiger partial charge < -0.3 is 16.0 Å². The van der Waals surface area contributed by atoms with E-state index in [4.69, 9.17) is 16.7 Å². The second-order valence-electron chi connectivity index (χ2n) is 2.61. The molecule has 1 aromatic heterocycles. The minimum Gasteiger partial charge on any atom is -0.385 e. The summed E-state index contributed by atoms with van der Waals surface area (Å²) in [5, 5.41) is 9.33. The van der Waals surface area contributed by atoms with Crippen LogP contribution < -0.4 is 16.8 Å². The van der Waals surface area contributed by atoms with E-state index in [2.05, 4.69) is 4.99 Å². The van der Waals surface area contributed by atoms with Crippen molar-refractivity contribution >= 4 is 11.6 Å². The summed E-state index contributed by atoms with van der Waals surface area (Å²) in [7, 11) is 3.29. The van der Waals surface area contributed by atoms with Crippen LogP contribution in [0.3, 0.4) is 0 Å². The highest BCUT2D eigenvalue weighted by molar-refractivity contribution is 5.53. The summed E-state index contributed by atoms with van der Waals surface area (Å²) in [6, 6.07) is 3.61. The molecule has 0 unspecified atom stereocenters. The van der Waals surface area contributed by atoms with Gasteiger partial charge in [0, 0.05) is 20.2 Å². The predicted molar refractivity (Wildman–Crippen MR) is 50.4 cm³/mol. The van der Waals surface area contributed by atoms with E-state index in [9.17, 15) is 0 Å². The molecule has 4 N–H and O–H groups in total. The van der Waals surface area contributed by atoms with E-state index in [1.54, 1.807) is 24.7 Å². The lowest BCUT2D eigenvalue weighted by molar-refractivity contribution is 0.922. The summed E-state index contributed by atoms with van der Waals surface area (Å²) in [5.41, 5.74) is 11.7. The van der Waals surface area contributed by atoms with Gasteiger partial charge in [0.25, 0.3) is 0 Å². The number of pyridine rings is 1. The number of nitrogens with two attached hydrogens (primary N) is 2. The van der Waals surface area contributed by atoms with Crippen molar-refractivity contribution in [3.63, 3.8) is 0 Å². The van der Waals surface area contributed by atoms with Gasteiger partial charge in [0.1, 0.15) is 23.3 Å². The van der Waals surface area contributed by atoms with Gasteiger partial charge in [0.05, 0.1) is 5.36 Å². The number of nitriles is 1. The van der Waals surface area contributed by atoms with Gasteiger partial charge in [-0.1, -0.05) is 0 Å². The zero-order valence-corrected chi connectivity index (χ0v) is 7.57.